The van der Waals surface area contributed by atoms with Crippen molar-refractivity contribution in [3.63, 3.8) is 0 Å². The average molecular weight is 236 g/mol. The van der Waals surface area contributed by atoms with Gasteiger partial charge in [0.15, 0.2) is 0 Å². The summed E-state index contributed by atoms with van der Waals surface area (Å²) in [7, 11) is -3.50. The number of hydrogen-bond acceptors (Lipinski definition) is 3. The van der Waals surface area contributed by atoms with Crippen molar-refractivity contribution in [3.05, 3.63) is 48.3 Å². The van der Waals surface area contributed by atoms with E-state index in [1.54, 1.807) is 30.3 Å². The molecule has 0 unspecified atom stereocenters. The van der Waals surface area contributed by atoms with Gasteiger partial charge in [-0.3, -0.25) is 0 Å². The molecular weight excluding hydrogens is 224 g/mol. The minimum absolute atomic E-state index is 0.258. The Morgan fingerprint density at radius 2 is 1.75 bits per heavy atom. The molecule has 2 rings (SSSR count). The van der Waals surface area contributed by atoms with Gasteiger partial charge in [-0.15, -0.1) is 0 Å². The number of aromatic nitrogens is 1. The zero-order valence-electron chi connectivity index (χ0n) is 8.79. The van der Waals surface area contributed by atoms with E-state index in [1.165, 1.54) is 12.4 Å². The van der Waals surface area contributed by atoms with Crippen LogP contribution in [0.1, 0.15) is 5.56 Å². The number of nitrogens with zero attached hydrogens (tertiary/aromatic N) is 1. The van der Waals surface area contributed by atoms with Gasteiger partial charge < -0.3 is 5.73 Å². The molecule has 5 heteroatoms. The highest BCUT2D eigenvalue weighted by Crippen LogP contribution is 2.16. The lowest BCUT2D eigenvalue weighted by Crippen LogP contribution is -2.10. The summed E-state index contributed by atoms with van der Waals surface area (Å²) in [5.74, 6) is 0. The number of nitrogen functional groups attached to an aromatic ring is 1. The first-order chi connectivity index (χ1) is 7.50. The maximum Gasteiger partial charge on any atom is 0.267 e. The van der Waals surface area contributed by atoms with Crippen molar-refractivity contribution >= 4 is 15.7 Å². The van der Waals surface area contributed by atoms with E-state index in [1.807, 2.05) is 6.92 Å². The Labute approximate surface area is 94.4 Å². The summed E-state index contributed by atoms with van der Waals surface area (Å²) in [6.45, 7) is 1.91. The molecule has 2 N–H and O–H groups in total. The van der Waals surface area contributed by atoms with Crippen molar-refractivity contribution in [1.82, 2.24) is 3.97 Å². The predicted octanol–water partition coefficient (Wildman–Crippen LogP) is 1.62. The SMILES string of the molecule is Cc1ccc(S(=O)(=O)n2ccc(N)c2)cc1. The first kappa shape index (κ1) is 10.8. The molecule has 0 radical (unpaired) electrons. The second-order valence-electron chi connectivity index (χ2n) is 3.59. The molecule has 84 valence electrons. The van der Waals surface area contributed by atoms with Crippen LogP contribution in [0, 0.1) is 6.92 Å². The van der Waals surface area contributed by atoms with Gasteiger partial charge in [0.2, 0.25) is 0 Å². The number of rotatable bonds is 2. The van der Waals surface area contributed by atoms with Gasteiger partial charge in [0.05, 0.1) is 10.6 Å². The smallest absolute Gasteiger partial charge is 0.267 e. The molecule has 2 aromatic rings. The van der Waals surface area contributed by atoms with Crippen molar-refractivity contribution in [1.29, 1.82) is 0 Å². The first-order valence-corrected chi connectivity index (χ1v) is 6.20. The quantitative estimate of drug-likeness (QED) is 0.861. The van der Waals surface area contributed by atoms with E-state index in [9.17, 15) is 8.42 Å². The molecule has 0 aliphatic heterocycles. The van der Waals surface area contributed by atoms with Crippen LogP contribution in [0.3, 0.4) is 0 Å². The summed E-state index contributed by atoms with van der Waals surface area (Å²) >= 11 is 0. The number of benzene rings is 1. The molecule has 0 spiro atoms. The molecule has 0 aliphatic carbocycles. The highest BCUT2D eigenvalue weighted by atomic mass is 32.2. The second-order valence-corrected chi connectivity index (χ2v) is 5.44. The minimum Gasteiger partial charge on any atom is -0.397 e. The summed E-state index contributed by atoms with van der Waals surface area (Å²) in [6, 6.07) is 8.24. The Bertz CT molecular complexity index is 597. The Balaban J connectivity index is 2.51. The molecule has 0 amide bonds. The lowest BCUT2D eigenvalue weighted by molar-refractivity contribution is 0.587. The van der Waals surface area contributed by atoms with Crippen LogP contribution in [0.25, 0.3) is 0 Å². The van der Waals surface area contributed by atoms with Crippen LogP contribution in [0.15, 0.2) is 47.6 Å². The highest BCUT2D eigenvalue weighted by molar-refractivity contribution is 7.90. The van der Waals surface area contributed by atoms with Crippen LogP contribution in [0.4, 0.5) is 5.69 Å². The summed E-state index contributed by atoms with van der Waals surface area (Å²) in [4.78, 5) is 0.258. The van der Waals surface area contributed by atoms with Crippen molar-refractivity contribution in [2.75, 3.05) is 5.73 Å². The summed E-state index contributed by atoms with van der Waals surface area (Å²) in [5.41, 5.74) is 6.94. The molecule has 1 aromatic carbocycles. The van der Waals surface area contributed by atoms with Gasteiger partial charge in [0.25, 0.3) is 10.0 Å². The lowest BCUT2D eigenvalue weighted by Gasteiger charge is -2.05. The Kier molecular flexibility index (Phi) is 2.47. The topological polar surface area (TPSA) is 65.1 Å². The van der Waals surface area contributed by atoms with E-state index in [-0.39, 0.29) is 4.90 Å². The van der Waals surface area contributed by atoms with Crippen LogP contribution in [0.2, 0.25) is 0 Å². The Morgan fingerprint density at radius 1 is 1.12 bits per heavy atom. The first-order valence-electron chi connectivity index (χ1n) is 4.76. The summed E-state index contributed by atoms with van der Waals surface area (Å²) in [6.07, 6.45) is 2.82. The number of nitrogens with two attached hydrogens (primary N) is 1. The predicted molar refractivity (Wildman–Crippen MR) is 62.6 cm³/mol. The Morgan fingerprint density at radius 3 is 2.25 bits per heavy atom. The van der Waals surface area contributed by atoms with E-state index >= 15 is 0 Å². The van der Waals surface area contributed by atoms with Crippen LogP contribution in [-0.4, -0.2) is 12.4 Å². The molecule has 4 nitrogen and oxygen atoms in total. The van der Waals surface area contributed by atoms with Crippen molar-refractivity contribution in [2.45, 2.75) is 11.8 Å². The largest absolute Gasteiger partial charge is 0.397 e. The number of aryl methyl sites for hydroxylation is 1. The fourth-order valence-corrected chi connectivity index (χ4v) is 2.58. The minimum atomic E-state index is -3.50. The fraction of sp³-hybridized carbons (Fsp3) is 0.0909. The molecule has 1 heterocycles. The Hall–Kier alpha value is -1.75. The monoisotopic (exact) mass is 236 g/mol. The van der Waals surface area contributed by atoms with E-state index in [2.05, 4.69) is 0 Å². The van der Waals surface area contributed by atoms with Gasteiger partial charge >= 0.3 is 0 Å². The molecule has 0 aliphatic rings. The zero-order valence-corrected chi connectivity index (χ0v) is 9.61. The molecule has 0 atom stereocenters. The fourth-order valence-electron chi connectivity index (χ4n) is 1.37. The third-order valence-corrected chi connectivity index (χ3v) is 3.94. The third-order valence-electron chi connectivity index (χ3n) is 2.29. The average Bonchev–Trinajstić information content (AvgIpc) is 2.66. The van der Waals surface area contributed by atoms with Crippen molar-refractivity contribution < 1.29 is 8.42 Å². The molecule has 0 fully saturated rings. The van der Waals surface area contributed by atoms with Gasteiger partial charge in [-0.25, -0.2) is 12.4 Å². The van der Waals surface area contributed by atoms with E-state index in [4.69, 9.17) is 5.73 Å². The normalized spacial score (nSPS) is 11.6. The maximum absolute atomic E-state index is 12.1. The lowest BCUT2D eigenvalue weighted by atomic mass is 10.2. The third kappa shape index (κ3) is 1.81. The van der Waals surface area contributed by atoms with Gasteiger partial charge in [-0.05, 0) is 25.1 Å². The zero-order chi connectivity index (χ0) is 11.8. The van der Waals surface area contributed by atoms with Crippen molar-refractivity contribution in [3.8, 4) is 0 Å². The van der Waals surface area contributed by atoms with Gasteiger partial charge in [0.1, 0.15) is 0 Å². The number of hydrogen-bond donors (Lipinski definition) is 1. The molecule has 0 saturated heterocycles. The standard InChI is InChI=1S/C11H12N2O2S/c1-9-2-4-11(5-3-9)16(14,15)13-7-6-10(12)8-13/h2-8H,12H2,1H3. The molecule has 16 heavy (non-hydrogen) atoms. The highest BCUT2D eigenvalue weighted by Gasteiger charge is 2.15. The summed E-state index contributed by atoms with van der Waals surface area (Å²) < 4.78 is 25.2. The van der Waals surface area contributed by atoms with Crippen LogP contribution in [0.5, 0.6) is 0 Å². The molecule has 1 aromatic heterocycles. The van der Waals surface area contributed by atoms with Gasteiger partial charge in [-0.2, -0.15) is 0 Å². The van der Waals surface area contributed by atoms with Gasteiger partial charge in [0, 0.05) is 12.4 Å². The number of anilines is 1. The van der Waals surface area contributed by atoms with Crippen LogP contribution < -0.4 is 5.73 Å². The molecule has 0 saturated carbocycles. The van der Waals surface area contributed by atoms with E-state index in [0.717, 1.165) is 9.54 Å². The summed E-state index contributed by atoms with van der Waals surface area (Å²) in [5, 5.41) is 0. The van der Waals surface area contributed by atoms with E-state index in [0.29, 0.717) is 5.69 Å². The molecular formula is C11H12N2O2S. The van der Waals surface area contributed by atoms with E-state index < -0.39 is 10.0 Å². The second kappa shape index (κ2) is 3.68. The molecule has 0 bridgehead atoms. The maximum atomic E-state index is 12.1. The van der Waals surface area contributed by atoms with Crippen molar-refractivity contribution in [2.24, 2.45) is 0 Å². The van der Waals surface area contributed by atoms with Crippen LogP contribution in [-0.2, 0) is 10.0 Å². The van der Waals surface area contributed by atoms with Gasteiger partial charge in [-0.1, -0.05) is 17.7 Å². The van der Waals surface area contributed by atoms with Crippen LogP contribution >= 0.6 is 0 Å².